The van der Waals surface area contributed by atoms with Crippen LogP contribution in [0.25, 0.3) is 11.1 Å². The minimum absolute atomic E-state index is 0.131. The Morgan fingerprint density at radius 2 is 1.58 bits per heavy atom. The molecule has 3 atom stereocenters. The van der Waals surface area contributed by atoms with E-state index in [1.54, 1.807) is 24.3 Å². The van der Waals surface area contributed by atoms with Crippen molar-refractivity contribution in [1.82, 2.24) is 5.32 Å². The van der Waals surface area contributed by atoms with Gasteiger partial charge in [0.2, 0.25) is 0 Å². The molecule has 0 aromatic heterocycles. The number of benzene rings is 3. The van der Waals surface area contributed by atoms with E-state index in [-0.39, 0.29) is 11.8 Å². The summed E-state index contributed by atoms with van der Waals surface area (Å²) < 4.78 is 5.85. The molecule has 164 valence electrons. The Bertz CT molecular complexity index is 937. The van der Waals surface area contributed by atoms with E-state index in [4.69, 9.17) is 4.74 Å². The summed E-state index contributed by atoms with van der Waals surface area (Å²) in [7, 11) is 0. The van der Waals surface area contributed by atoms with Gasteiger partial charge in [-0.15, -0.1) is 0 Å². The van der Waals surface area contributed by atoms with Gasteiger partial charge in [-0.1, -0.05) is 62.4 Å². The third kappa shape index (κ3) is 6.33. The van der Waals surface area contributed by atoms with Crippen LogP contribution in [0.4, 0.5) is 0 Å². The highest BCUT2D eigenvalue weighted by molar-refractivity contribution is 5.65. The lowest BCUT2D eigenvalue weighted by molar-refractivity contribution is 0.133. The van der Waals surface area contributed by atoms with Gasteiger partial charge in [-0.05, 0) is 65.8 Å². The van der Waals surface area contributed by atoms with Gasteiger partial charge >= 0.3 is 0 Å². The van der Waals surface area contributed by atoms with Crippen molar-refractivity contribution in [2.45, 2.75) is 45.3 Å². The zero-order valence-corrected chi connectivity index (χ0v) is 18.6. The average Bonchev–Trinajstić information content (AvgIpc) is 2.81. The topological polar surface area (TPSA) is 61.7 Å². The van der Waals surface area contributed by atoms with Crippen LogP contribution in [-0.2, 0) is 0 Å². The normalized spacial score (nSPS) is 14.1. The molecule has 0 saturated carbocycles. The van der Waals surface area contributed by atoms with Crippen molar-refractivity contribution in [3.05, 3.63) is 83.9 Å². The van der Waals surface area contributed by atoms with E-state index in [1.165, 1.54) is 16.7 Å². The molecule has 1 unspecified atom stereocenters. The fourth-order valence-corrected chi connectivity index (χ4v) is 3.53. The number of phenolic OH excluding ortho intramolecular Hbond substituents is 1. The largest absolute Gasteiger partial charge is 0.508 e. The van der Waals surface area contributed by atoms with Gasteiger partial charge in [0.25, 0.3) is 0 Å². The molecule has 0 spiro atoms. The van der Waals surface area contributed by atoms with Crippen molar-refractivity contribution in [1.29, 1.82) is 0 Å². The molecule has 31 heavy (non-hydrogen) atoms. The predicted octanol–water partition coefficient (Wildman–Crippen LogP) is 5.66. The van der Waals surface area contributed by atoms with Crippen molar-refractivity contribution in [2.24, 2.45) is 0 Å². The summed E-state index contributed by atoms with van der Waals surface area (Å²) >= 11 is 0. The number of hydrogen-bond acceptors (Lipinski definition) is 4. The Morgan fingerprint density at radius 1 is 0.871 bits per heavy atom. The molecule has 0 saturated heterocycles. The lowest BCUT2D eigenvalue weighted by Crippen LogP contribution is -2.35. The van der Waals surface area contributed by atoms with Crippen molar-refractivity contribution in [2.75, 3.05) is 13.2 Å². The maximum absolute atomic E-state index is 10.4. The Balaban J connectivity index is 1.48. The Kier molecular flexibility index (Phi) is 8.10. The van der Waals surface area contributed by atoms with Crippen LogP contribution in [0.1, 0.15) is 50.3 Å². The fraction of sp³-hybridized carbons (Fsp3) is 0.333. The van der Waals surface area contributed by atoms with Crippen molar-refractivity contribution < 1.29 is 14.9 Å². The molecular weight excluding hydrogens is 386 g/mol. The zero-order valence-electron chi connectivity index (χ0n) is 18.6. The highest BCUT2D eigenvalue weighted by Crippen LogP contribution is 2.27. The molecule has 0 aliphatic rings. The van der Waals surface area contributed by atoms with Crippen LogP contribution in [0.2, 0.25) is 0 Å². The van der Waals surface area contributed by atoms with Crippen LogP contribution in [-0.4, -0.2) is 29.4 Å². The molecule has 4 nitrogen and oxygen atoms in total. The molecule has 0 aliphatic heterocycles. The number of nitrogens with one attached hydrogen (secondary N) is 1. The van der Waals surface area contributed by atoms with E-state index in [0.29, 0.717) is 19.1 Å². The Hall–Kier alpha value is -2.82. The molecule has 3 aromatic carbocycles. The maximum atomic E-state index is 10.4. The van der Waals surface area contributed by atoms with E-state index >= 15 is 0 Å². The molecule has 3 aromatic rings. The van der Waals surface area contributed by atoms with E-state index in [1.807, 2.05) is 19.1 Å². The Morgan fingerprint density at radius 3 is 2.26 bits per heavy atom. The predicted molar refractivity (Wildman–Crippen MR) is 127 cm³/mol. The minimum atomic E-state index is -0.647. The third-order valence-corrected chi connectivity index (χ3v) is 5.80. The summed E-state index contributed by atoms with van der Waals surface area (Å²) in [4.78, 5) is 0. The molecule has 3 N–H and O–H groups in total. The van der Waals surface area contributed by atoms with Crippen LogP contribution >= 0.6 is 0 Å². The first-order chi connectivity index (χ1) is 15.0. The van der Waals surface area contributed by atoms with E-state index in [0.717, 1.165) is 17.7 Å². The third-order valence-electron chi connectivity index (χ3n) is 5.80. The zero-order chi connectivity index (χ0) is 22.2. The molecule has 0 fully saturated rings. The second-order valence-corrected chi connectivity index (χ2v) is 8.09. The standard InChI is InChI=1S/C27H33NO3/c1-4-19(2)23-6-5-7-24(18-23)21-10-14-26(15-11-21)31-17-16-28-20(3)27(30)22-8-12-25(29)13-9-22/h5-15,18-20,27-30H,4,16-17H2,1-3H3/t19?,20-,27-/m1/s1. The molecule has 0 heterocycles. The summed E-state index contributed by atoms with van der Waals surface area (Å²) in [6.07, 6.45) is 0.487. The number of hydrogen-bond donors (Lipinski definition) is 3. The van der Waals surface area contributed by atoms with E-state index < -0.39 is 6.10 Å². The SMILES string of the molecule is CCC(C)c1cccc(-c2ccc(OCCN[C@H](C)[C@@H](O)c3ccc(O)cc3)cc2)c1. The first-order valence-corrected chi connectivity index (χ1v) is 11.0. The van der Waals surface area contributed by atoms with Crippen LogP contribution in [0.15, 0.2) is 72.8 Å². The molecule has 0 aliphatic carbocycles. The van der Waals surface area contributed by atoms with Gasteiger partial charge in [-0.25, -0.2) is 0 Å². The smallest absolute Gasteiger partial charge is 0.119 e. The second-order valence-electron chi connectivity index (χ2n) is 8.09. The number of phenols is 1. The van der Waals surface area contributed by atoms with Gasteiger partial charge in [-0.3, -0.25) is 0 Å². The fourth-order valence-electron chi connectivity index (χ4n) is 3.53. The molecule has 4 heteroatoms. The van der Waals surface area contributed by atoms with Gasteiger partial charge in [0, 0.05) is 12.6 Å². The summed E-state index contributed by atoms with van der Waals surface area (Å²) in [6, 6.07) is 23.4. The minimum Gasteiger partial charge on any atom is -0.508 e. The summed E-state index contributed by atoms with van der Waals surface area (Å²) in [5.74, 6) is 1.58. The van der Waals surface area contributed by atoms with Gasteiger partial charge in [0.1, 0.15) is 18.1 Å². The molecule has 0 radical (unpaired) electrons. The van der Waals surface area contributed by atoms with Gasteiger partial charge in [-0.2, -0.15) is 0 Å². The Labute approximate surface area is 185 Å². The second kappa shape index (κ2) is 11.0. The molecular formula is C27H33NO3. The average molecular weight is 420 g/mol. The quantitative estimate of drug-likeness (QED) is 0.371. The lowest BCUT2D eigenvalue weighted by Gasteiger charge is -2.21. The number of ether oxygens (including phenoxy) is 1. The van der Waals surface area contributed by atoms with Gasteiger partial charge < -0.3 is 20.3 Å². The van der Waals surface area contributed by atoms with Gasteiger partial charge in [0.05, 0.1) is 6.10 Å². The van der Waals surface area contributed by atoms with Crippen LogP contribution in [0.3, 0.4) is 0 Å². The number of aromatic hydroxyl groups is 1. The number of rotatable bonds is 10. The molecule has 3 rings (SSSR count). The lowest BCUT2D eigenvalue weighted by atomic mass is 9.95. The highest BCUT2D eigenvalue weighted by Gasteiger charge is 2.15. The monoisotopic (exact) mass is 419 g/mol. The van der Waals surface area contributed by atoms with Crippen LogP contribution in [0, 0.1) is 0 Å². The number of aliphatic hydroxyl groups excluding tert-OH is 1. The summed E-state index contributed by atoms with van der Waals surface area (Å²) in [5.41, 5.74) is 4.55. The van der Waals surface area contributed by atoms with E-state index in [9.17, 15) is 10.2 Å². The first kappa shape index (κ1) is 22.9. The number of aliphatic hydroxyl groups is 1. The maximum Gasteiger partial charge on any atom is 0.119 e. The van der Waals surface area contributed by atoms with Crippen molar-refractivity contribution in [3.63, 3.8) is 0 Å². The molecule has 0 amide bonds. The highest BCUT2D eigenvalue weighted by atomic mass is 16.5. The van der Waals surface area contributed by atoms with Gasteiger partial charge in [0.15, 0.2) is 0 Å². The first-order valence-electron chi connectivity index (χ1n) is 11.0. The van der Waals surface area contributed by atoms with Crippen LogP contribution < -0.4 is 10.1 Å². The van der Waals surface area contributed by atoms with E-state index in [2.05, 4.69) is 55.6 Å². The summed E-state index contributed by atoms with van der Waals surface area (Å²) in [5, 5.41) is 23.1. The molecule has 0 bridgehead atoms. The summed E-state index contributed by atoms with van der Waals surface area (Å²) in [6.45, 7) is 7.53. The van der Waals surface area contributed by atoms with Crippen LogP contribution in [0.5, 0.6) is 11.5 Å². The van der Waals surface area contributed by atoms with Crippen molar-refractivity contribution >= 4 is 0 Å². The van der Waals surface area contributed by atoms with Crippen molar-refractivity contribution in [3.8, 4) is 22.6 Å².